The molecule has 3 aliphatic heterocycles. The Morgan fingerprint density at radius 1 is 1.02 bits per heavy atom. The van der Waals surface area contributed by atoms with Crippen molar-refractivity contribution < 1.29 is 19.1 Å². The number of halogens is 2. The first kappa shape index (κ1) is 28.8. The Labute approximate surface area is 263 Å². The van der Waals surface area contributed by atoms with E-state index in [0.29, 0.717) is 45.6 Å². The zero-order chi connectivity index (χ0) is 30.6. The van der Waals surface area contributed by atoms with Crippen molar-refractivity contribution in [1.82, 2.24) is 14.5 Å². The number of nitrogens with zero attached hydrogens (tertiary/aromatic N) is 4. The van der Waals surface area contributed by atoms with E-state index in [4.69, 9.17) is 37.7 Å². The minimum Gasteiger partial charge on any atom is -0.457 e. The summed E-state index contributed by atoms with van der Waals surface area (Å²) in [7, 11) is 0. The van der Waals surface area contributed by atoms with Gasteiger partial charge in [-0.1, -0.05) is 48.3 Å². The Morgan fingerprint density at radius 3 is 2.59 bits per heavy atom. The Morgan fingerprint density at radius 2 is 1.82 bits per heavy atom. The maximum atomic E-state index is 13.7. The van der Waals surface area contributed by atoms with Crippen LogP contribution in [-0.2, 0) is 37.8 Å². The Kier molecular flexibility index (Phi) is 7.35. The first-order chi connectivity index (χ1) is 21.3. The van der Waals surface area contributed by atoms with Crippen LogP contribution in [0.4, 0.5) is 5.69 Å². The van der Waals surface area contributed by atoms with Crippen LogP contribution in [0, 0.1) is 0 Å². The molecule has 0 bridgehead atoms. The third-order valence-corrected chi connectivity index (χ3v) is 9.68. The zero-order valence-corrected chi connectivity index (χ0v) is 25.7. The normalized spacial score (nSPS) is 19.3. The highest BCUT2D eigenvalue weighted by molar-refractivity contribution is 6.42. The molecule has 4 aromatic rings. The van der Waals surface area contributed by atoms with E-state index in [0.717, 1.165) is 48.3 Å². The number of fused-ring (bicyclic) bond motifs is 5. The molecule has 0 N–H and O–H groups in total. The van der Waals surface area contributed by atoms with E-state index in [1.165, 1.54) is 0 Å². The molecule has 2 aromatic heterocycles. The molecular weight excluding hydrogens is 603 g/mol. The molecule has 11 heteroatoms. The maximum absolute atomic E-state index is 13.7. The number of para-hydroxylation sites is 1. The molecule has 0 aliphatic carbocycles. The van der Waals surface area contributed by atoms with Gasteiger partial charge in [-0.05, 0) is 42.8 Å². The molecule has 0 saturated carbocycles. The van der Waals surface area contributed by atoms with E-state index < -0.39 is 17.5 Å². The number of carbonyl (C=O) groups is 2. The van der Waals surface area contributed by atoms with Crippen LogP contribution in [0.25, 0.3) is 22.3 Å². The summed E-state index contributed by atoms with van der Waals surface area (Å²) in [5, 5.41) is 2.03. The fourth-order valence-corrected chi connectivity index (χ4v) is 6.78. The number of aromatic nitrogens is 2. The van der Waals surface area contributed by atoms with Crippen molar-refractivity contribution in [1.29, 1.82) is 0 Å². The molecule has 5 heterocycles. The third kappa shape index (κ3) is 4.83. The second-order valence-electron chi connectivity index (χ2n) is 11.4. The lowest BCUT2D eigenvalue weighted by Crippen LogP contribution is -2.49. The second kappa shape index (κ2) is 11.2. The van der Waals surface area contributed by atoms with Crippen LogP contribution in [0.15, 0.2) is 59.4 Å². The van der Waals surface area contributed by atoms with Gasteiger partial charge in [0, 0.05) is 54.9 Å². The maximum Gasteiger partial charge on any atom is 0.355 e. The van der Waals surface area contributed by atoms with Gasteiger partial charge in [0.15, 0.2) is 0 Å². The van der Waals surface area contributed by atoms with Crippen molar-refractivity contribution in [3.8, 4) is 11.4 Å². The number of esters is 2. The highest BCUT2D eigenvalue weighted by Crippen LogP contribution is 2.41. The molecule has 1 atom stereocenters. The van der Waals surface area contributed by atoms with Crippen molar-refractivity contribution in [2.24, 2.45) is 0 Å². The molecule has 2 aromatic carbocycles. The minimum atomic E-state index is -1.70. The van der Waals surface area contributed by atoms with Crippen LogP contribution in [-0.4, -0.2) is 59.1 Å². The van der Waals surface area contributed by atoms with Gasteiger partial charge in [-0.2, -0.15) is 0 Å². The van der Waals surface area contributed by atoms with E-state index in [1.807, 2.05) is 42.5 Å². The van der Waals surface area contributed by atoms with Gasteiger partial charge in [-0.25, -0.2) is 9.78 Å². The predicted molar refractivity (Wildman–Crippen MR) is 168 cm³/mol. The quantitative estimate of drug-likeness (QED) is 0.237. The molecule has 0 radical (unpaired) electrons. The van der Waals surface area contributed by atoms with E-state index in [9.17, 15) is 14.4 Å². The summed E-state index contributed by atoms with van der Waals surface area (Å²) in [5.41, 5.74) is 2.80. The van der Waals surface area contributed by atoms with Gasteiger partial charge in [0.1, 0.15) is 6.61 Å². The third-order valence-electron chi connectivity index (χ3n) is 8.95. The highest BCUT2D eigenvalue weighted by atomic mass is 35.5. The lowest BCUT2D eigenvalue weighted by atomic mass is 9.85. The van der Waals surface area contributed by atoms with Gasteiger partial charge >= 0.3 is 11.9 Å². The standard InChI is InChI=1S/C33H30Cl2N4O5/c1-2-33(44-29(40)9-10-37-11-13-38(14-12-37)22-7-8-25(34)26(35)16-22)24-17-28-30-21(15-20-5-3-4-6-27(20)36-30)18-39(28)31(41)23(24)19-43-32(33)42/h3-8,15-17H,2,9-14,18-19H2,1H3. The number of anilines is 1. The summed E-state index contributed by atoms with van der Waals surface area (Å²) in [6, 6.07) is 17.2. The topological polar surface area (TPSA) is 94.0 Å². The Balaban J connectivity index is 1.10. The van der Waals surface area contributed by atoms with Crippen molar-refractivity contribution in [2.75, 3.05) is 37.6 Å². The zero-order valence-electron chi connectivity index (χ0n) is 24.1. The monoisotopic (exact) mass is 632 g/mol. The number of ether oxygens (including phenoxy) is 2. The van der Waals surface area contributed by atoms with Gasteiger partial charge in [0.05, 0.1) is 45.5 Å². The number of benzene rings is 2. The smallest absolute Gasteiger partial charge is 0.355 e. The largest absolute Gasteiger partial charge is 0.457 e. The number of pyridine rings is 2. The minimum absolute atomic E-state index is 0.0947. The lowest BCUT2D eigenvalue weighted by Gasteiger charge is -2.37. The summed E-state index contributed by atoms with van der Waals surface area (Å²) in [5.74, 6) is -1.18. The molecule has 1 fully saturated rings. The van der Waals surface area contributed by atoms with Crippen LogP contribution in [0.1, 0.15) is 36.5 Å². The Hall–Kier alpha value is -3.92. The van der Waals surface area contributed by atoms with Gasteiger partial charge in [0.2, 0.25) is 5.60 Å². The number of carbonyl (C=O) groups excluding carboxylic acids is 2. The van der Waals surface area contributed by atoms with Crippen LogP contribution in [0.2, 0.25) is 10.0 Å². The van der Waals surface area contributed by atoms with E-state index in [1.54, 1.807) is 23.6 Å². The average molecular weight is 634 g/mol. The van der Waals surface area contributed by atoms with Crippen LogP contribution < -0.4 is 10.5 Å². The van der Waals surface area contributed by atoms with Gasteiger partial charge in [0.25, 0.3) is 5.56 Å². The molecule has 7 rings (SSSR count). The van der Waals surface area contributed by atoms with Gasteiger partial charge in [-0.3, -0.25) is 14.5 Å². The molecular formula is C33H30Cl2N4O5. The molecule has 226 valence electrons. The summed E-state index contributed by atoms with van der Waals surface area (Å²) in [4.78, 5) is 49.6. The number of piperazine rings is 1. The van der Waals surface area contributed by atoms with E-state index in [-0.39, 0.29) is 25.0 Å². The summed E-state index contributed by atoms with van der Waals surface area (Å²) in [6.45, 7) is 5.49. The number of cyclic esters (lactones) is 1. The molecule has 3 aliphatic rings. The van der Waals surface area contributed by atoms with Crippen molar-refractivity contribution >= 4 is 51.7 Å². The summed E-state index contributed by atoms with van der Waals surface area (Å²) >= 11 is 12.3. The number of rotatable bonds is 6. The molecule has 44 heavy (non-hydrogen) atoms. The number of hydrogen-bond donors (Lipinski definition) is 0. The van der Waals surface area contributed by atoms with Gasteiger partial charge < -0.3 is 18.9 Å². The summed E-state index contributed by atoms with van der Waals surface area (Å²) < 4.78 is 13.1. The molecule has 1 unspecified atom stereocenters. The predicted octanol–water partition coefficient (Wildman–Crippen LogP) is 5.15. The van der Waals surface area contributed by atoms with E-state index in [2.05, 4.69) is 9.80 Å². The first-order valence-corrected chi connectivity index (χ1v) is 15.5. The van der Waals surface area contributed by atoms with Crippen molar-refractivity contribution in [2.45, 2.75) is 38.5 Å². The molecule has 9 nitrogen and oxygen atoms in total. The lowest BCUT2D eigenvalue weighted by molar-refractivity contribution is -0.189. The molecule has 0 spiro atoms. The average Bonchev–Trinajstić information content (AvgIpc) is 3.39. The van der Waals surface area contributed by atoms with Crippen LogP contribution in [0.5, 0.6) is 0 Å². The summed E-state index contributed by atoms with van der Waals surface area (Å²) in [6.07, 6.45) is 0.227. The van der Waals surface area contributed by atoms with Crippen LogP contribution >= 0.6 is 23.2 Å². The number of hydrogen-bond acceptors (Lipinski definition) is 8. The van der Waals surface area contributed by atoms with Gasteiger partial charge in [-0.15, -0.1) is 0 Å². The van der Waals surface area contributed by atoms with E-state index >= 15 is 0 Å². The Bertz CT molecular complexity index is 1880. The highest BCUT2D eigenvalue weighted by Gasteiger charge is 2.50. The van der Waals surface area contributed by atoms with Crippen molar-refractivity contribution in [3.05, 3.63) is 91.7 Å². The first-order valence-electron chi connectivity index (χ1n) is 14.7. The molecule has 0 amide bonds. The van der Waals surface area contributed by atoms with Crippen LogP contribution in [0.3, 0.4) is 0 Å². The SMILES string of the molecule is CCC1(OC(=O)CCN2CCN(c3ccc(Cl)c(Cl)c3)CC2)C(=O)OCc2c1cc1n(c2=O)Cc2cc3ccccc3nc2-1. The molecule has 1 saturated heterocycles. The van der Waals surface area contributed by atoms with Crippen molar-refractivity contribution in [3.63, 3.8) is 0 Å². The second-order valence-corrected chi connectivity index (χ2v) is 12.2. The fourth-order valence-electron chi connectivity index (χ4n) is 6.49. The fraction of sp³-hybridized carbons (Fsp3) is 0.333.